The first-order valence-electron chi connectivity index (χ1n) is 6.33. The molecule has 0 saturated carbocycles. The highest BCUT2D eigenvalue weighted by Crippen LogP contribution is 2.32. The van der Waals surface area contributed by atoms with Gasteiger partial charge in [0.1, 0.15) is 5.69 Å². The van der Waals surface area contributed by atoms with Crippen molar-refractivity contribution in [1.29, 1.82) is 0 Å². The van der Waals surface area contributed by atoms with Crippen LogP contribution >= 0.6 is 0 Å². The number of alkyl halides is 3. The Kier molecular flexibility index (Phi) is 4.06. The van der Waals surface area contributed by atoms with Gasteiger partial charge in [-0.15, -0.1) is 0 Å². The van der Waals surface area contributed by atoms with E-state index in [2.05, 4.69) is 4.74 Å². The van der Waals surface area contributed by atoms with Crippen molar-refractivity contribution in [3.05, 3.63) is 47.8 Å². The van der Waals surface area contributed by atoms with Gasteiger partial charge < -0.3 is 9.30 Å². The molecule has 6 heteroatoms. The molecule has 0 aliphatic heterocycles. The summed E-state index contributed by atoms with van der Waals surface area (Å²) in [5, 5.41) is 0. The fourth-order valence-corrected chi connectivity index (χ4v) is 2.08. The third-order valence-corrected chi connectivity index (χ3v) is 3.16. The Bertz CT molecular complexity index is 659. The highest BCUT2D eigenvalue weighted by molar-refractivity contribution is 5.89. The smallest absolute Gasteiger partial charge is 0.416 e. The molecule has 2 rings (SSSR count). The lowest BCUT2D eigenvalue weighted by molar-refractivity contribution is -0.137. The second-order valence-corrected chi connectivity index (χ2v) is 4.47. The summed E-state index contributed by atoms with van der Waals surface area (Å²) in [5.74, 6) is -0.518. The highest BCUT2D eigenvalue weighted by atomic mass is 19.4. The standard InChI is InChI=1S/C15H14F3NO2/c1-3-19-9-11(8-13(19)14(20)21-2)10-5-4-6-12(7-10)15(16,17)18/h4-9H,3H2,1-2H3. The summed E-state index contributed by atoms with van der Waals surface area (Å²) in [5.41, 5.74) is 0.543. The van der Waals surface area contributed by atoms with E-state index in [0.29, 0.717) is 23.4 Å². The molecule has 0 spiro atoms. The Balaban J connectivity index is 2.48. The van der Waals surface area contributed by atoms with Crippen molar-refractivity contribution in [3.63, 3.8) is 0 Å². The summed E-state index contributed by atoms with van der Waals surface area (Å²) >= 11 is 0. The van der Waals surface area contributed by atoms with Crippen LogP contribution in [-0.4, -0.2) is 17.6 Å². The number of methoxy groups -OCH3 is 1. The molecule has 0 amide bonds. The number of ether oxygens (including phenoxy) is 1. The van der Waals surface area contributed by atoms with Crippen LogP contribution in [-0.2, 0) is 17.5 Å². The van der Waals surface area contributed by atoms with E-state index < -0.39 is 17.7 Å². The van der Waals surface area contributed by atoms with Gasteiger partial charge in [-0.25, -0.2) is 4.79 Å². The summed E-state index contributed by atoms with van der Waals surface area (Å²) in [7, 11) is 1.26. The number of carbonyl (C=O) groups is 1. The van der Waals surface area contributed by atoms with Crippen molar-refractivity contribution in [3.8, 4) is 11.1 Å². The molecule has 0 radical (unpaired) electrons. The van der Waals surface area contributed by atoms with Crippen LogP contribution < -0.4 is 0 Å². The van der Waals surface area contributed by atoms with Crippen LogP contribution in [0.5, 0.6) is 0 Å². The topological polar surface area (TPSA) is 31.2 Å². The zero-order chi connectivity index (χ0) is 15.6. The molecule has 2 aromatic rings. The van der Waals surface area contributed by atoms with E-state index in [4.69, 9.17) is 0 Å². The minimum absolute atomic E-state index is 0.312. The SMILES string of the molecule is CCn1cc(-c2cccc(C(F)(F)F)c2)cc1C(=O)OC. The maximum atomic E-state index is 12.7. The molecule has 0 atom stereocenters. The normalized spacial score (nSPS) is 11.5. The van der Waals surface area contributed by atoms with Gasteiger partial charge in [-0.1, -0.05) is 12.1 Å². The van der Waals surface area contributed by atoms with Crippen LogP contribution in [0, 0.1) is 0 Å². The van der Waals surface area contributed by atoms with E-state index in [-0.39, 0.29) is 0 Å². The number of benzene rings is 1. The van der Waals surface area contributed by atoms with Gasteiger partial charge in [0, 0.05) is 18.3 Å². The number of esters is 1. The van der Waals surface area contributed by atoms with E-state index in [9.17, 15) is 18.0 Å². The largest absolute Gasteiger partial charge is 0.464 e. The quantitative estimate of drug-likeness (QED) is 0.802. The van der Waals surface area contributed by atoms with Crippen LogP contribution in [0.15, 0.2) is 36.5 Å². The van der Waals surface area contributed by atoms with Crippen LogP contribution in [0.4, 0.5) is 13.2 Å². The summed E-state index contributed by atoms with van der Waals surface area (Å²) < 4.78 is 44.5. The second-order valence-electron chi connectivity index (χ2n) is 4.47. The van der Waals surface area contributed by atoms with Crippen molar-refractivity contribution in [2.75, 3.05) is 7.11 Å². The molecule has 0 bridgehead atoms. The van der Waals surface area contributed by atoms with Crippen molar-refractivity contribution in [2.24, 2.45) is 0 Å². The van der Waals surface area contributed by atoms with Crippen molar-refractivity contribution < 1.29 is 22.7 Å². The third-order valence-electron chi connectivity index (χ3n) is 3.16. The number of aryl methyl sites for hydroxylation is 1. The summed E-state index contributed by atoms with van der Waals surface area (Å²) in [6.07, 6.45) is -2.75. The summed E-state index contributed by atoms with van der Waals surface area (Å²) in [4.78, 5) is 11.6. The monoisotopic (exact) mass is 297 g/mol. The molecule has 0 saturated heterocycles. The van der Waals surface area contributed by atoms with Crippen LogP contribution in [0.2, 0.25) is 0 Å². The van der Waals surface area contributed by atoms with Crippen molar-refractivity contribution >= 4 is 5.97 Å². The van der Waals surface area contributed by atoms with Crippen LogP contribution in [0.25, 0.3) is 11.1 Å². The molecule has 3 nitrogen and oxygen atoms in total. The molecule has 1 aromatic heterocycles. The van der Waals surface area contributed by atoms with E-state index in [0.717, 1.165) is 12.1 Å². The molecule has 1 heterocycles. The average molecular weight is 297 g/mol. The summed E-state index contributed by atoms with van der Waals surface area (Å²) in [6, 6.07) is 6.54. The lowest BCUT2D eigenvalue weighted by atomic mass is 10.1. The Morgan fingerprint density at radius 2 is 1.95 bits per heavy atom. The molecule has 0 aliphatic rings. The number of rotatable bonds is 3. The first-order chi connectivity index (χ1) is 9.86. The van der Waals surface area contributed by atoms with E-state index in [1.807, 2.05) is 6.92 Å². The van der Waals surface area contributed by atoms with Crippen LogP contribution in [0.3, 0.4) is 0 Å². The van der Waals surface area contributed by atoms with Gasteiger partial charge in [0.05, 0.1) is 12.7 Å². The van der Waals surface area contributed by atoms with Crippen molar-refractivity contribution in [2.45, 2.75) is 19.6 Å². The van der Waals surface area contributed by atoms with Gasteiger partial charge in [-0.05, 0) is 30.7 Å². The third kappa shape index (κ3) is 3.09. The number of hydrogen-bond acceptors (Lipinski definition) is 2. The van der Waals surface area contributed by atoms with E-state index in [1.54, 1.807) is 16.8 Å². The molecular weight excluding hydrogens is 283 g/mol. The van der Waals surface area contributed by atoms with Gasteiger partial charge >= 0.3 is 12.1 Å². The van der Waals surface area contributed by atoms with Crippen molar-refractivity contribution in [1.82, 2.24) is 4.57 Å². The van der Waals surface area contributed by atoms with Gasteiger partial charge in [-0.2, -0.15) is 13.2 Å². The molecule has 1 aromatic carbocycles. The first-order valence-corrected chi connectivity index (χ1v) is 6.33. The Morgan fingerprint density at radius 3 is 2.52 bits per heavy atom. The minimum atomic E-state index is -4.39. The van der Waals surface area contributed by atoms with Gasteiger partial charge in [0.25, 0.3) is 0 Å². The second kappa shape index (κ2) is 5.63. The maximum Gasteiger partial charge on any atom is 0.416 e. The Morgan fingerprint density at radius 1 is 1.24 bits per heavy atom. The number of hydrogen-bond donors (Lipinski definition) is 0. The lowest BCUT2D eigenvalue weighted by Gasteiger charge is -2.07. The molecule has 0 fully saturated rings. The zero-order valence-corrected chi connectivity index (χ0v) is 11.6. The molecule has 0 aliphatic carbocycles. The van der Waals surface area contributed by atoms with Gasteiger partial charge in [0.2, 0.25) is 0 Å². The number of aromatic nitrogens is 1. The first kappa shape index (κ1) is 15.2. The molecule has 21 heavy (non-hydrogen) atoms. The number of nitrogens with zero attached hydrogens (tertiary/aromatic N) is 1. The predicted molar refractivity (Wildman–Crippen MR) is 71.9 cm³/mol. The molecular formula is C15H14F3NO2. The maximum absolute atomic E-state index is 12.7. The lowest BCUT2D eigenvalue weighted by Crippen LogP contribution is -2.08. The Hall–Kier alpha value is -2.24. The number of halogens is 3. The summed E-state index contributed by atoms with van der Waals surface area (Å²) in [6.45, 7) is 2.35. The molecule has 0 N–H and O–H groups in total. The minimum Gasteiger partial charge on any atom is -0.464 e. The average Bonchev–Trinajstić information content (AvgIpc) is 2.90. The fourth-order valence-electron chi connectivity index (χ4n) is 2.08. The highest BCUT2D eigenvalue weighted by Gasteiger charge is 2.30. The fraction of sp³-hybridized carbons (Fsp3) is 0.267. The van der Waals surface area contributed by atoms with E-state index in [1.165, 1.54) is 19.2 Å². The van der Waals surface area contributed by atoms with Gasteiger partial charge in [-0.3, -0.25) is 0 Å². The Labute approximate surface area is 120 Å². The molecule has 0 unspecified atom stereocenters. The van der Waals surface area contributed by atoms with Crippen LogP contribution in [0.1, 0.15) is 23.0 Å². The predicted octanol–water partition coefficient (Wildman–Crippen LogP) is 3.98. The van der Waals surface area contributed by atoms with E-state index >= 15 is 0 Å². The molecule has 112 valence electrons. The number of carbonyl (C=O) groups excluding carboxylic acids is 1. The zero-order valence-electron chi connectivity index (χ0n) is 11.6. The van der Waals surface area contributed by atoms with Gasteiger partial charge in [0.15, 0.2) is 0 Å².